The van der Waals surface area contributed by atoms with Crippen LogP contribution in [-0.2, 0) is 0 Å². The Kier molecular flexibility index (Phi) is 5.95. The third-order valence-corrected chi connectivity index (χ3v) is 4.50. The molecule has 0 radical (unpaired) electrons. The average Bonchev–Trinajstić information content (AvgIpc) is 2.41. The number of carbonyl (C=O) groups excluding carboxylic acids is 1. The Hall–Kier alpha value is -0.770. The number of piperidine rings is 1. The Morgan fingerprint density at radius 1 is 1.05 bits per heavy atom. The largest absolute Gasteiger partial charge is 0.396 e. The van der Waals surface area contributed by atoms with Gasteiger partial charge in [0.1, 0.15) is 0 Å². The molecule has 0 aromatic heterocycles. The highest BCUT2D eigenvalue weighted by Crippen LogP contribution is 2.19. The van der Waals surface area contributed by atoms with E-state index in [4.69, 9.17) is 0 Å². The number of aliphatic hydroxyl groups excluding tert-OH is 1. The summed E-state index contributed by atoms with van der Waals surface area (Å²) in [5.74, 6) is 0.275. The summed E-state index contributed by atoms with van der Waals surface area (Å²) in [5.41, 5.74) is 0. The molecule has 4 heteroatoms. The van der Waals surface area contributed by atoms with Crippen LogP contribution in [0.25, 0.3) is 0 Å². The Morgan fingerprint density at radius 3 is 2.42 bits per heavy atom. The first-order chi connectivity index (χ1) is 9.29. The van der Waals surface area contributed by atoms with Gasteiger partial charge in [0.05, 0.1) is 0 Å². The van der Waals surface area contributed by atoms with Crippen LogP contribution in [0.4, 0.5) is 4.79 Å². The number of likely N-dealkylation sites (tertiary alicyclic amines) is 1. The van der Waals surface area contributed by atoms with Crippen LogP contribution >= 0.6 is 0 Å². The second-order valence-corrected chi connectivity index (χ2v) is 6.13. The van der Waals surface area contributed by atoms with Crippen molar-refractivity contribution in [3.63, 3.8) is 0 Å². The quantitative estimate of drug-likeness (QED) is 0.808. The van der Waals surface area contributed by atoms with Gasteiger partial charge in [-0.25, -0.2) is 4.79 Å². The Balaban J connectivity index is 1.78. The van der Waals surface area contributed by atoms with Gasteiger partial charge in [0.25, 0.3) is 0 Å². The first-order valence-corrected chi connectivity index (χ1v) is 7.96. The van der Waals surface area contributed by atoms with E-state index >= 15 is 0 Å². The summed E-state index contributed by atoms with van der Waals surface area (Å²) in [6, 6.07) is 0.450. The van der Waals surface area contributed by atoms with Crippen molar-refractivity contribution in [3.8, 4) is 0 Å². The molecule has 1 saturated carbocycles. The Bertz CT molecular complexity index is 275. The normalized spacial score (nSPS) is 26.6. The van der Waals surface area contributed by atoms with E-state index in [1.165, 1.54) is 32.1 Å². The molecule has 0 unspecified atom stereocenters. The molecule has 0 spiro atoms. The van der Waals surface area contributed by atoms with E-state index in [0.29, 0.717) is 6.04 Å². The highest BCUT2D eigenvalue weighted by Gasteiger charge is 2.24. The number of aliphatic hydroxyl groups is 1. The molecular weight excluding hydrogens is 240 g/mol. The molecule has 4 nitrogen and oxygen atoms in total. The number of urea groups is 1. The molecule has 19 heavy (non-hydrogen) atoms. The van der Waals surface area contributed by atoms with E-state index in [-0.39, 0.29) is 18.6 Å². The number of nitrogens with zero attached hydrogens (tertiary/aromatic N) is 1. The van der Waals surface area contributed by atoms with Gasteiger partial charge in [-0.05, 0) is 31.6 Å². The first kappa shape index (κ1) is 14.6. The van der Waals surface area contributed by atoms with Crippen molar-refractivity contribution >= 4 is 6.03 Å². The van der Waals surface area contributed by atoms with Crippen molar-refractivity contribution in [2.75, 3.05) is 19.7 Å². The van der Waals surface area contributed by atoms with E-state index < -0.39 is 0 Å². The maximum absolute atomic E-state index is 12.3. The molecule has 1 heterocycles. The van der Waals surface area contributed by atoms with E-state index in [0.717, 1.165) is 38.8 Å². The predicted molar refractivity (Wildman–Crippen MR) is 76.0 cm³/mol. The molecular formula is C15H28N2O2. The number of hydrogen-bond donors (Lipinski definition) is 2. The van der Waals surface area contributed by atoms with Crippen LogP contribution < -0.4 is 5.32 Å². The van der Waals surface area contributed by atoms with Gasteiger partial charge in [0.2, 0.25) is 0 Å². The number of rotatable bonds is 2. The lowest BCUT2D eigenvalue weighted by Crippen LogP contribution is -2.49. The number of hydrogen-bond acceptors (Lipinski definition) is 2. The van der Waals surface area contributed by atoms with Gasteiger partial charge in [-0.3, -0.25) is 0 Å². The molecule has 1 saturated heterocycles. The van der Waals surface area contributed by atoms with Crippen molar-refractivity contribution in [2.45, 2.75) is 63.8 Å². The van der Waals surface area contributed by atoms with Gasteiger partial charge >= 0.3 is 6.03 Å². The summed E-state index contributed by atoms with van der Waals surface area (Å²) in [7, 11) is 0. The lowest BCUT2D eigenvalue weighted by molar-refractivity contribution is 0.127. The van der Waals surface area contributed by atoms with E-state index in [2.05, 4.69) is 5.32 Å². The topological polar surface area (TPSA) is 52.6 Å². The Labute approximate surface area is 116 Å². The van der Waals surface area contributed by atoms with Crippen LogP contribution in [0.3, 0.4) is 0 Å². The van der Waals surface area contributed by atoms with Crippen LogP contribution in [0.1, 0.15) is 57.8 Å². The number of amides is 2. The van der Waals surface area contributed by atoms with E-state index in [9.17, 15) is 9.90 Å². The fourth-order valence-corrected chi connectivity index (χ4v) is 3.26. The molecule has 2 fully saturated rings. The van der Waals surface area contributed by atoms with E-state index in [1.807, 2.05) is 4.90 Å². The number of nitrogens with one attached hydrogen (secondary N) is 1. The maximum Gasteiger partial charge on any atom is 0.317 e. The van der Waals surface area contributed by atoms with Crippen molar-refractivity contribution in [2.24, 2.45) is 5.92 Å². The van der Waals surface area contributed by atoms with E-state index in [1.54, 1.807) is 0 Å². The van der Waals surface area contributed by atoms with Crippen molar-refractivity contribution in [3.05, 3.63) is 0 Å². The maximum atomic E-state index is 12.3. The molecule has 1 aliphatic heterocycles. The zero-order valence-corrected chi connectivity index (χ0v) is 11.9. The SMILES string of the molecule is O=C(NC1CCCCCCC1)N1CCC[C@@H](CO)C1. The summed E-state index contributed by atoms with van der Waals surface area (Å²) in [4.78, 5) is 14.2. The molecule has 0 aromatic rings. The molecule has 2 N–H and O–H groups in total. The first-order valence-electron chi connectivity index (χ1n) is 7.96. The lowest BCUT2D eigenvalue weighted by Gasteiger charge is -2.33. The van der Waals surface area contributed by atoms with Crippen LogP contribution in [-0.4, -0.2) is 41.8 Å². The minimum Gasteiger partial charge on any atom is -0.396 e. The minimum atomic E-state index is 0.0868. The molecule has 1 atom stereocenters. The molecule has 2 aliphatic rings. The van der Waals surface area contributed by atoms with Gasteiger partial charge in [-0.15, -0.1) is 0 Å². The lowest BCUT2D eigenvalue weighted by atomic mass is 9.96. The third-order valence-electron chi connectivity index (χ3n) is 4.50. The zero-order valence-electron chi connectivity index (χ0n) is 11.9. The average molecular weight is 268 g/mol. The number of carbonyl (C=O) groups is 1. The van der Waals surface area contributed by atoms with Crippen molar-refractivity contribution in [1.82, 2.24) is 10.2 Å². The van der Waals surface area contributed by atoms with Gasteiger partial charge in [-0.2, -0.15) is 0 Å². The third kappa shape index (κ3) is 4.68. The standard InChI is InChI=1S/C15H28N2O2/c18-12-13-7-6-10-17(11-13)15(19)16-14-8-4-2-1-3-5-9-14/h13-14,18H,1-12H2,(H,16,19)/t13-/m1/s1. The fourth-order valence-electron chi connectivity index (χ4n) is 3.26. The summed E-state index contributed by atoms with van der Waals surface area (Å²) in [6.07, 6.45) is 10.8. The smallest absolute Gasteiger partial charge is 0.317 e. The van der Waals surface area contributed by atoms with Crippen molar-refractivity contribution in [1.29, 1.82) is 0 Å². The predicted octanol–water partition coefficient (Wildman–Crippen LogP) is 2.51. The van der Waals surface area contributed by atoms with Gasteiger partial charge in [0.15, 0.2) is 0 Å². The summed E-state index contributed by atoms with van der Waals surface area (Å²) in [5, 5.41) is 12.4. The van der Waals surface area contributed by atoms with Crippen LogP contribution in [0.2, 0.25) is 0 Å². The highest BCUT2D eigenvalue weighted by atomic mass is 16.3. The fraction of sp³-hybridized carbons (Fsp3) is 0.933. The van der Waals surface area contributed by atoms with Gasteiger partial charge in [-0.1, -0.05) is 32.1 Å². The molecule has 110 valence electrons. The van der Waals surface area contributed by atoms with Crippen molar-refractivity contribution < 1.29 is 9.90 Å². The molecule has 1 aliphatic carbocycles. The van der Waals surface area contributed by atoms with Crippen LogP contribution in [0.5, 0.6) is 0 Å². The van der Waals surface area contributed by atoms with Crippen LogP contribution in [0, 0.1) is 5.92 Å². The van der Waals surface area contributed by atoms with Gasteiger partial charge in [0, 0.05) is 25.7 Å². The molecule has 2 amide bonds. The second-order valence-electron chi connectivity index (χ2n) is 6.13. The summed E-state index contributed by atoms with van der Waals surface area (Å²) in [6.45, 7) is 1.76. The summed E-state index contributed by atoms with van der Waals surface area (Å²) >= 11 is 0. The monoisotopic (exact) mass is 268 g/mol. The Morgan fingerprint density at radius 2 is 1.74 bits per heavy atom. The summed E-state index contributed by atoms with van der Waals surface area (Å²) < 4.78 is 0. The second kappa shape index (κ2) is 7.73. The minimum absolute atomic E-state index is 0.0868. The molecule has 0 aromatic carbocycles. The highest BCUT2D eigenvalue weighted by molar-refractivity contribution is 5.74. The zero-order chi connectivity index (χ0) is 13.5. The van der Waals surface area contributed by atoms with Crippen LogP contribution in [0.15, 0.2) is 0 Å². The van der Waals surface area contributed by atoms with Gasteiger partial charge < -0.3 is 15.3 Å². The molecule has 2 rings (SSSR count). The molecule has 0 bridgehead atoms.